The molecule has 1 aliphatic heterocycles. The van der Waals surface area contributed by atoms with Crippen LogP contribution in [0.15, 0.2) is 72.8 Å². The molecular weight excluding hydrogens is 348 g/mol. The van der Waals surface area contributed by atoms with Crippen molar-refractivity contribution in [2.45, 2.75) is 0 Å². The first-order chi connectivity index (χ1) is 12.6. The Balaban J connectivity index is 1.80. The average molecular weight is 364 g/mol. The summed E-state index contributed by atoms with van der Waals surface area (Å²) in [6, 6.07) is 16.5. The average Bonchev–Trinajstić information content (AvgIpc) is 2.64. The maximum atomic E-state index is 12.5. The lowest BCUT2D eigenvalue weighted by Gasteiger charge is -2.27. The summed E-state index contributed by atoms with van der Waals surface area (Å²) in [5, 5.41) is 2.60. The van der Waals surface area contributed by atoms with Gasteiger partial charge in [0, 0.05) is 6.54 Å². The summed E-state index contributed by atoms with van der Waals surface area (Å²) in [5.74, 6) is 0.439. The van der Waals surface area contributed by atoms with Gasteiger partial charge < -0.3 is 4.74 Å². The van der Waals surface area contributed by atoms with Crippen molar-refractivity contribution in [3.63, 3.8) is 0 Å². The van der Waals surface area contributed by atoms with Crippen LogP contribution in [0.4, 0.5) is 0 Å². The number of hydrogen-bond donors (Lipinski definition) is 1. The number of para-hydroxylation sites is 1. The highest BCUT2D eigenvalue weighted by molar-refractivity contribution is 7.80. The zero-order valence-electron chi connectivity index (χ0n) is 13.8. The zero-order valence-corrected chi connectivity index (χ0v) is 14.7. The molecule has 1 saturated heterocycles. The predicted octanol–water partition coefficient (Wildman–Crippen LogP) is 3.29. The van der Waals surface area contributed by atoms with Crippen LogP contribution in [-0.4, -0.2) is 28.4 Å². The number of thiocarbonyl (C=S) groups is 1. The fourth-order valence-electron chi connectivity index (χ4n) is 2.41. The molecule has 0 saturated carbocycles. The van der Waals surface area contributed by atoms with Gasteiger partial charge in [0.1, 0.15) is 17.1 Å². The van der Waals surface area contributed by atoms with Gasteiger partial charge in [-0.25, -0.2) is 0 Å². The number of carbonyl (C=O) groups is 2. The molecule has 26 heavy (non-hydrogen) atoms. The number of nitrogens with zero attached hydrogens (tertiary/aromatic N) is 1. The Morgan fingerprint density at radius 2 is 1.69 bits per heavy atom. The first kappa shape index (κ1) is 17.6. The third-order valence-electron chi connectivity index (χ3n) is 3.67. The van der Waals surface area contributed by atoms with Gasteiger partial charge in [-0.15, -0.1) is 6.58 Å². The lowest BCUT2D eigenvalue weighted by atomic mass is 10.1. The molecule has 6 heteroatoms. The number of carbonyl (C=O) groups excluding carboxylic acids is 2. The van der Waals surface area contributed by atoms with E-state index in [1.165, 1.54) is 11.0 Å². The smallest absolute Gasteiger partial charge is 0.265 e. The lowest BCUT2D eigenvalue weighted by molar-refractivity contribution is -0.128. The number of benzene rings is 2. The molecule has 5 nitrogen and oxygen atoms in total. The van der Waals surface area contributed by atoms with Gasteiger partial charge in [0.2, 0.25) is 0 Å². The van der Waals surface area contributed by atoms with Crippen molar-refractivity contribution in [3.8, 4) is 11.5 Å². The molecule has 1 fully saturated rings. The fraction of sp³-hybridized carbons (Fsp3) is 0.0500. The van der Waals surface area contributed by atoms with E-state index in [9.17, 15) is 9.59 Å². The second kappa shape index (κ2) is 7.76. The molecular formula is C20H16N2O3S. The van der Waals surface area contributed by atoms with E-state index in [1.807, 2.05) is 30.3 Å². The van der Waals surface area contributed by atoms with Crippen LogP contribution in [0.2, 0.25) is 0 Å². The van der Waals surface area contributed by atoms with Crippen LogP contribution in [0.5, 0.6) is 11.5 Å². The molecule has 0 aliphatic carbocycles. The summed E-state index contributed by atoms with van der Waals surface area (Å²) in [6.45, 7) is 3.83. The second-order valence-electron chi connectivity index (χ2n) is 5.51. The van der Waals surface area contributed by atoms with Gasteiger partial charge in [0.15, 0.2) is 5.11 Å². The normalized spacial score (nSPS) is 15.8. The largest absolute Gasteiger partial charge is 0.457 e. The van der Waals surface area contributed by atoms with Gasteiger partial charge in [-0.3, -0.25) is 19.8 Å². The summed E-state index contributed by atoms with van der Waals surface area (Å²) in [7, 11) is 0. The minimum Gasteiger partial charge on any atom is -0.457 e. The molecule has 0 bridgehead atoms. The van der Waals surface area contributed by atoms with Crippen molar-refractivity contribution >= 4 is 35.2 Å². The van der Waals surface area contributed by atoms with Gasteiger partial charge >= 0.3 is 0 Å². The molecule has 2 amide bonds. The second-order valence-corrected chi connectivity index (χ2v) is 5.89. The van der Waals surface area contributed by atoms with E-state index in [4.69, 9.17) is 17.0 Å². The van der Waals surface area contributed by atoms with Crippen molar-refractivity contribution in [3.05, 3.63) is 78.4 Å². The van der Waals surface area contributed by atoms with E-state index in [0.717, 1.165) is 5.75 Å². The Morgan fingerprint density at radius 3 is 2.35 bits per heavy atom. The van der Waals surface area contributed by atoms with E-state index in [0.29, 0.717) is 11.3 Å². The van der Waals surface area contributed by atoms with Crippen LogP contribution in [0, 0.1) is 0 Å². The Morgan fingerprint density at radius 1 is 1.04 bits per heavy atom. The van der Waals surface area contributed by atoms with Gasteiger partial charge in [-0.05, 0) is 48.1 Å². The minimum atomic E-state index is -0.509. The summed E-state index contributed by atoms with van der Waals surface area (Å²) in [5.41, 5.74) is 0.729. The maximum Gasteiger partial charge on any atom is 0.265 e. The van der Waals surface area contributed by atoms with Crippen LogP contribution in [0.3, 0.4) is 0 Å². The van der Waals surface area contributed by atoms with Gasteiger partial charge in [-0.1, -0.05) is 36.4 Å². The maximum absolute atomic E-state index is 12.5. The molecule has 0 aromatic heterocycles. The molecule has 0 spiro atoms. The minimum absolute atomic E-state index is 0.0252. The van der Waals surface area contributed by atoms with Crippen LogP contribution in [-0.2, 0) is 9.59 Å². The molecule has 0 unspecified atom stereocenters. The lowest BCUT2D eigenvalue weighted by Crippen LogP contribution is -2.53. The van der Waals surface area contributed by atoms with Gasteiger partial charge in [0.05, 0.1) is 0 Å². The van der Waals surface area contributed by atoms with E-state index in [2.05, 4.69) is 11.9 Å². The Bertz CT molecular complexity index is 889. The Kier molecular flexibility index (Phi) is 5.24. The predicted molar refractivity (Wildman–Crippen MR) is 104 cm³/mol. The SMILES string of the molecule is C=CCN1C(=O)C(=Cc2ccc(Oc3ccccc3)cc2)C(=O)NC1=S. The number of amides is 2. The van der Waals surface area contributed by atoms with Crippen molar-refractivity contribution in [2.75, 3.05) is 6.54 Å². The highest BCUT2D eigenvalue weighted by atomic mass is 32.1. The summed E-state index contributed by atoms with van der Waals surface area (Å²) in [4.78, 5) is 25.9. The molecule has 2 aromatic rings. The van der Waals surface area contributed by atoms with Crippen molar-refractivity contribution in [1.82, 2.24) is 10.2 Å². The number of hydrogen-bond acceptors (Lipinski definition) is 4. The highest BCUT2D eigenvalue weighted by Gasteiger charge is 2.32. The quantitative estimate of drug-likeness (QED) is 0.383. The highest BCUT2D eigenvalue weighted by Crippen LogP contribution is 2.22. The Hall–Kier alpha value is -3.25. The fourth-order valence-corrected chi connectivity index (χ4v) is 2.66. The van der Waals surface area contributed by atoms with Crippen LogP contribution < -0.4 is 10.1 Å². The summed E-state index contributed by atoms with van der Waals surface area (Å²) in [6.07, 6.45) is 3.08. The molecule has 0 atom stereocenters. The summed E-state index contributed by atoms with van der Waals surface area (Å²) >= 11 is 5.03. The topological polar surface area (TPSA) is 58.6 Å². The molecule has 1 heterocycles. The zero-order chi connectivity index (χ0) is 18.5. The molecule has 130 valence electrons. The number of nitrogens with one attached hydrogen (secondary N) is 1. The molecule has 2 aromatic carbocycles. The molecule has 3 rings (SSSR count). The number of ether oxygens (including phenoxy) is 1. The molecule has 0 radical (unpaired) electrons. The van der Waals surface area contributed by atoms with Crippen molar-refractivity contribution < 1.29 is 14.3 Å². The van der Waals surface area contributed by atoms with Crippen LogP contribution in [0.1, 0.15) is 5.56 Å². The van der Waals surface area contributed by atoms with E-state index in [-0.39, 0.29) is 17.2 Å². The van der Waals surface area contributed by atoms with Crippen molar-refractivity contribution in [1.29, 1.82) is 0 Å². The van der Waals surface area contributed by atoms with Crippen LogP contribution in [0.25, 0.3) is 6.08 Å². The van der Waals surface area contributed by atoms with Gasteiger partial charge in [-0.2, -0.15) is 0 Å². The van der Waals surface area contributed by atoms with E-state index >= 15 is 0 Å². The molecule has 1 aliphatic rings. The monoisotopic (exact) mass is 364 g/mol. The standard InChI is InChI=1S/C20H16N2O3S/c1-2-12-22-19(24)17(18(23)21-20(22)26)13-14-8-10-16(11-9-14)25-15-6-4-3-5-7-15/h2-11,13H,1,12H2,(H,21,23,26). The third kappa shape index (κ3) is 3.87. The number of rotatable bonds is 5. The first-order valence-electron chi connectivity index (χ1n) is 7.91. The molecule has 1 N–H and O–H groups in total. The van der Waals surface area contributed by atoms with E-state index < -0.39 is 11.8 Å². The first-order valence-corrected chi connectivity index (χ1v) is 8.32. The van der Waals surface area contributed by atoms with Gasteiger partial charge in [0.25, 0.3) is 11.8 Å². The summed E-state index contributed by atoms with van der Waals surface area (Å²) < 4.78 is 5.73. The Labute approximate surface area is 156 Å². The van der Waals surface area contributed by atoms with Crippen molar-refractivity contribution in [2.24, 2.45) is 0 Å². The third-order valence-corrected chi connectivity index (χ3v) is 3.99. The van der Waals surface area contributed by atoms with E-state index in [1.54, 1.807) is 30.3 Å². The van der Waals surface area contributed by atoms with Crippen LogP contribution >= 0.6 is 12.2 Å².